The molecule has 2 aliphatic rings. The van der Waals surface area contributed by atoms with Crippen LogP contribution >= 0.6 is 23.4 Å². The fourth-order valence-electron chi connectivity index (χ4n) is 3.80. The number of urea groups is 1. The molecule has 0 atom stereocenters. The van der Waals surface area contributed by atoms with E-state index in [0.29, 0.717) is 34.6 Å². The molecule has 2 fully saturated rings. The minimum atomic E-state index is -0.879. The van der Waals surface area contributed by atoms with Crippen molar-refractivity contribution in [1.82, 2.24) is 30.5 Å². The van der Waals surface area contributed by atoms with Gasteiger partial charge in [-0.25, -0.2) is 4.79 Å². The molecule has 2 aromatic rings. The van der Waals surface area contributed by atoms with Crippen LogP contribution in [0.3, 0.4) is 0 Å². The number of hydrazine groups is 1. The second-order valence-corrected chi connectivity index (χ2v) is 9.06. The van der Waals surface area contributed by atoms with Gasteiger partial charge in [0.25, 0.3) is 5.91 Å². The fraction of sp³-hybridized carbons (Fsp3) is 0.450. The Morgan fingerprint density at radius 3 is 2.75 bits per heavy atom. The van der Waals surface area contributed by atoms with Crippen molar-refractivity contribution in [3.8, 4) is 5.75 Å². The average molecular weight is 479 g/mol. The number of para-hydroxylation sites is 1. The van der Waals surface area contributed by atoms with Crippen LogP contribution in [0.5, 0.6) is 5.75 Å². The number of amides is 4. The predicted molar refractivity (Wildman–Crippen MR) is 117 cm³/mol. The summed E-state index contributed by atoms with van der Waals surface area (Å²) in [4.78, 5) is 37.4. The van der Waals surface area contributed by atoms with E-state index in [1.165, 1.54) is 0 Å². The molecule has 4 rings (SSSR count). The minimum absolute atomic E-state index is 0.0403. The summed E-state index contributed by atoms with van der Waals surface area (Å²) in [5.41, 5.74) is 1.54. The molecule has 32 heavy (non-hydrogen) atoms. The first kappa shape index (κ1) is 22.4. The fourth-order valence-corrected chi connectivity index (χ4v) is 4.72. The number of aromatic nitrogens is 3. The number of carbonyl (C=O) groups excluding carboxylic acids is 3. The number of imide groups is 1. The number of ether oxygens (including phenoxy) is 1. The molecule has 0 radical (unpaired) electrons. The Bertz CT molecular complexity index is 1040. The standard InChI is InChI=1S/C20H23ClN6O4S/c1-26-15(11-31-14-8-4-3-7-13(14)21)23-24-19(26)32-12-16(28)25-27-17(29)20(22-18(27)30)9-5-2-6-10-20/h3-4,7-8H,2,5-6,9-12H2,1H3,(H,22,30)(H,25,28). The van der Waals surface area contributed by atoms with Crippen LogP contribution in [0, 0.1) is 0 Å². The van der Waals surface area contributed by atoms with Gasteiger partial charge in [-0.3, -0.25) is 15.0 Å². The highest BCUT2D eigenvalue weighted by atomic mass is 35.5. The van der Waals surface area contributed by atoms with E-state index in [0.717, 1.165) is 36.0 Å². The maximum atomic E-state index is 12.7. The zero-order valence-corrected chi connectivity index (χ0v) is 19.0. The van der Waals surface area contributed by atoms with Gasteiger partial charge in [0.2, 0.25) is 5.91 Å². The quantitative estimate of drug-likeness (QED) is 0.463. The zero-order valence-electron chi connectivity index (χ0n) is 17.5. The molecule has 2 N–H and O–H groups in total. The maximum Gasteiger partial charge on any atom is 0.344 e. The van der Waals surface area contributed by atoms with Crippen molar-refractivity contribution < 1.29 is 19.1 Å². The SMILES string of the molecule is Cn1c(COc2ccccc2Cl)nnc1SCC(=O)NN1C(=O)NC2(CCCCC2)C1=O. The monoisotopic (exact) mass is 478 g/mol. The van der Waals surface area contributed by atoms with Gasteiger partial charge in [-0.2, -0.15) is 5.01 Å². The van der Waals surface area contributed by atoms with Crippen molar-refractivity contribution >= 4 is 41.2 Å². The first-order chi connectivity index (χ1) is 15.4. The summed E-state index contributed by atoms with van der Waals surface area (Å²) >= 11 is 7.23. The summed E-state index contributed by atoms with van der Waals surface area (Å²) in [6.07, 6.45) is 3.97. The summed E-state index contributed by atoms with van der Waals surface area (Å²) in [5, 5.41) is 12.7. The van der Waals surface area contributed by atoms with Gasteiger partial charge in [0.15, 0.2) is 11.0 Å². The van der Waals surface area contributed by atoms with E-state index in [-0.39, 0.29) is 12.4 Å². The number of hydrogen-bond acceptors (Lipinski definition) is 7. The minimum Gasteiger partial charge on any atom is -0.484 e. The van der Waals surface area contributed by atoms with E-state index < -0.39 is 23.4 Å². The van der Waals surface area contributed by atoms with Crippen molar-refractivity contribution in [1.29, 1.82) is 0 Å². The molecular formula is C20H23ClN6O4S. The summed E-state index contributed by atoms with van der Waals surface area (Å²) in [6, 6.07) is 6.53. The van der Waals surface area contributed by atoms with Gasteiger partial charge in [-0.05, 0) is 25.0 Å². The third kappa shape index (κ3) is 4.53. The Hall–Kier alpha value is -2.79. The molecule has 2 heterocycles. The highest BCUT2D eigenvalue weighted by molar-refractivity contribution is 7.99. The van der Waals surface area contributed by atoms with Gasteiger partial charge >= 0.3 is 6.03 Å². The maximum absolute atomic E-state index is 12.7. The lowest BCUT2D eigenvalue weighted by molar-refractivity contribution is -0.139. The van der Waals surface area contributed by atoms with Crippen LogP contribution < -0.4 is 15.5 Å². The van der Waals surface area contributed by atoms with Crippen molar-refractivity contribution in [3.05, 3.63) is 35.1 Å². The lowest BCUT2D eigenvalue weighted by atomic mass is 9.82. The topological polar surface area (TPSA) is 118 Å². The molecule has 10 nitrogen and oxygen atoms in total. The largest absolute Gasteiger partial charge is 0.484 e. The van der Waals surface area contributed by atoms with E-state index >= 15 is 0 Å². The lowest BCUT2D eigenvalue weighted by Crippen LogP contribution is -2.51. The Morgan fingerprint density at radius 1 is 1.25 bits per heavy atom. The molecule has 4 amide bonds. The van der Waals surface area contributed by atoms with E-state index in [1.807, 2.05) is 12.1 Å². The van der Waals surface area contributed by atoms with E-state index in [2.05, 4.69) is 20.9 Å². The highest BCUT2D eigenvalue weighted by Crippen LogP contribution is 2.33. The third-order valence-corrected chi connectivity index (χ3v) is 6.89. The van der Waals surface area contributed by atoms with Gasteiger partial charge in [-0.1, -0.05) is 54.8 Å². The number of halogens is 1. The average Bonchev–Trinajstić information content (AvgIpc) is 3.24. The van der Waals surface area contributed by atoms with Crippen LogP contribution in [-0.2, 0) is 23.2 Å². The number of benzene rings is 1. The molecule has 1 saturated carbocycles. The highest BCUT2D eigenvalue weighted by Gasteiger charge is 2.52. The number of rotatable bonds is 7. The Morgan fingerprint density at radius 2 is 2.00 bits per heavy atom. The van der Waals surface area contributed by atoms with Gasteiger partial charge in [0, 0.05) is 7.05 Å². The number of carbonyl (C=O) groups is 3. The molecule has 0 bridgehead atoms. The van der Waals surface area contributed by atoms with Crippen LogP contribution in [0.4, 0.5) is 4.79 Å². The van der Waals surface area contributed by atoms with E-state index in [4.69, 9.17) is 16.3 Å². The predicted octanol–water partition coefficient (Wildman–Crippen LogP) is 2.43. The van der Waals surface area contributed by atoms with Crippen molar-refractivity contribution in [2.24, 2.45) is 7.05 Å². The van der Waals surface area contributed by atoms with E-state index in [9.17, 15) is 14.4 Å². The van der Waals surface area contributed by atoms with Crippen LogP contribution in [0.15, 0.2) is 29.4 Å². The number of nitrogens with zero attached hydrogens (tertiary/aromatic N) is 4. The molecule has 1 aromatic carbocycles. The lowest BCUT2D eigenvalue weighted by Gasteiger charge is -2.30. The van der Waals surface area contributed by atoms with Crippen molar-refractivity contribution in [2.45, 2.75) is 49.4 Å². The molecule has 12 heteroatoms. The first-order valence-corrected chi connectivity index (χ1v) is 11.6. The van der Waals surface area contributed by atoms with Crippen LogP contribution in [0.25, 0.3) is 0 Å². The van der Waals surface area contributed by atoms with Gasteiger partial charge in [-0.15, -0.1) is 10.2 Å². The number of nitrogens with one attached hydrogen (secondary N) is 2. The van der Waals surface area contributed by atoms with Crippen LogP contribution in [0.1, 0.15) is 37.9 Å². The third-order valence-electron chi connectivity index (χ3n) is 5.56. The molecule has 0 unspecified atom stereocenters. The van der Waals surface area contributed by atoms with Crippen LogP contribution in [-0.4, -0.2) is 48.9 Å². The Kier molecular flexibility index (Phi) is 6.56. The number of thioether (sulfide) groups is 1. The molecule has 1 aromatic heterocycles. The molecule has 1 aliphatic carbocycles. The molecule has 1 spiro atoms. The van der Waals surface area contributed by atoms with Gasteiger partial charge in [0.05, 0.1) is 10.8 Å². The van der Waals surface area contributed by atoms with Crippen molar-refractivity contribution in [2.75, 3.05) is 5.75 Å². The molecule has 170 valence electrons. The normalized spacial score (nSPS) is 17.5. The summed E-state index contributed by atoms with van der Waals surface area (Å²) < 4.78 is 7.39. The van der Waals surface area contributed by atoms with Gasteiger partial charge < -0.3 is 14.6 Å². The molecule has 1 aliphatic heterocycles. The summed E-state index contributed by atoms with van der Waals surface area (Å²) in [6.45, 7) is 0.157. The smallest absolute Gasteiger partial charge is 0.344 e. The Labute approximate surface area is 194 Å². The summed E-state index contributed by atoms with van der Waals surface area (Å²) in [7, 11) is 1.76. The number of hydrogen-bond donors (Lipinski definition) is 2. The van der Waals surface area contributed by atoms with Gasteiger partial charge in [0.1, 0.15) is 17.9 Å². The zero-order chi connectivity index (χ0) is 22.7. The second kappa shape index (κ2) is 9.37. The molecule has 1 saturated heterocycles. The van der Waals surface area contributed by atoms with E-state index in [1.54, 1.807) is 23.7 Å². The molecular weight excluding hydrogens is 456 g/mol. The first-order valence-electron chi connectivity index (χ1n) is 10.2. The summed E-state index contributed by atoms with van der Waals surface area (Å²) in [5.74, 6) is 0.180. The Balaban J connectivity index is 1.30. The van der Waals surface area contributed by atoms with Crippen LogP contribution in [0.2, 0.25) is 5.02 Å². The van der Waals surface area contributed by atoms with Crippen molar-refractivity contribution in [3.63, 3.8) is 0 Å². The second-order valence-electron chi connectivity index (χ2n) is 7.71.